The van der Waals surface area contributed by atoms with E-state index in [1.165, 1.54) is 6.33 Å². The number of H-pyrrole nitrogens is 1. The average Bonchev–Trinajstić information content (AvgIpc) is 3.07. The molecule has 1 fully saturated rings. The first-order valence-corrected chi connectivity index (χ1v) is 7.83. The zero-order valence-electron chi connectivity index (χ0n) is 13.0. The lowest BCUT2D eigenvalue weighted by Gasteiger charge is -2.27. The van der Waals surface area contributed by atoms with Crippen LogP contribution in [-0.4, -0.2) is 47.2 Å². The third-order valence-corrected chi connectivity index (χ3v) is 4.06. The largest absolute Gasteiger partial charge is 0.378 e. The van der Waals surface area contributed by atoms with Crippen molar-refractivity contribution < 1.29 is 9.53 Å². The molecule has 2 aromatic heterocycles. The van der Waals surface area contributed by atoms with Gasteiger partial charge in [-0.15, -0.1) is 0 Å². The molecule has 4 rings (SSSR count). The zero-order chi connectivity index (χ0) is 16.4. The molecule has 1 saturated heterocycles. The molecule has 0 atom stereocenters. The number of carbonyl (C=O) groups is 1. The third-order valence-electron chi connectivity index (χ3n) is 4.06. The number of benzene rings is 1. The molecule has 7 heteroatoms. The van der Waals surface area contributed by atoms with E-state index < -0.39 is 0 Å². The molecule has 0 aliphatic carbocycles. The number of hydrogen-bond donors (Lipinski definition) is 2. The number of para-hydroxylation sites is 1. The normalized spacial score (nSPS) is 14.8. The summed E-state index contributed by atoms with van der Waals surface area (Å²) in [5.41, 5.74) is 1.52. The average molecular weight is 323 g/mol. The lowest BCUT2D eigenvalue weighted by atomic mass is 10.1. The highest BCUT2D eigenvalue weighted by Gasteiger charge is 2.15. The van der Waals surface area contributed by atoms with E-state index >= 15 is 0 Å². The second-order valence-corrected chi connectivity index (χ2v) is 5.56. The van der Waals surface area contributed by atoms with Crippen LogP contribution in [0.3, 0.4) is 0 Å². The molecule has 0 unspecified atom stereocenters. The maximum Gasteiger partial charge on any atom is 0.258 e. The molecule has 2 N–H and O–H groups in total. The van der Waals surface area contributed by atoms with Crippen LogP contribution in [0.5, 0.6) is 0 Å². The number of nitrogens with zero attached hydrogens (tertiary/aromatic N) is 3. The van der Waals surface area contributed by atoms with Crippen LogP contribution < -0.4 is 10.2 Å². The van der Waals surface area contributed by atoms with Crippen molar-refractivity contribution in [1.29, 1.82) is 0 Å². The smallest absolute Gasteiger partial charge is 0.258 e. The Morgan fingerprint density at radius 3 is 2.92 bits per heavy atom. The van der Waals surface area contributed by atoms with Crippen molar-refractivity contribution >= 4 is 28.4 Å². The summed E-state index contributed by atoms with van der Waals surface area (Å²) in [6.07, 6.45) is 3.18. The van der Waals surface area contributed by atoms with Crippen LogP contribution in [0.25, 0.3) is 10.9 Å². The van der Waals surface area contributed by atoms with Crippen molar-refractivity contribution in [3.63, 3.8) is 0 Å². The Hall–Kier alpha value is -2.93. The van der Waals surface area contributed by atoms with Gasteiger partial charge in [-0.25, -0.2) is 9.97 Å². The predicted molar refractivity (Wildman–Crippen MR) is 91.3 cm³/mol. The molecule has 3 heterocycles. The molecule has 0 spiro atoms. The molecule has 1 amide bonds. The van der Waals surface area contributed by atoms with E-state index in [-0.39, 0.29) is 5.91 Å². The van der Waals surface area contributed by atoms with Gasteiger partial charge in [0, 0.05) is 36.3 Å². The lowest BCUT2D eigenvalue weighted by Crippen LogP contribution is -2.36. The third kappa shape index (κ3) is 2.81. The first-order valence-electron chi connectivity index (χ1n) is 7.83. The molecule has 122 valence electrons. The number of amides is 1. The SMILES string of the molecule is O=C(Nc1cc(N2CCOCC2)ncn1)c1c[nH]c2ccccc12. The van der Waals surface area contributed by atoms with Gasteiger partial charge < -0.3 is 19.9 Å². The van der Waals surface area contributed by atoms with E-state index in [4.69, 9.17) is 4.74 Å². The van der Waals surface area contributed by atoms with Crippen molar-refractivity contribution in [3.8, 4) is 0 Å². The fourth-order valence-corrected chi connectivity index (χ4v) is 2.82. The minimum absolute atomic E-state index is 0.195. The van der Waals surface area contributed by atoms with Gasteiger partial charge in [-0.1, -0.05) is 18.2 Å². The first-order chi connectivity index (χ1) is 11.8. The Kier molecular flexibility index (Phi) is 3.84. The van der Waals surface area contributed by atoms with Gasteiger partial charge in [0.25, 0.3) is 5.91 Å². The molecular formula is C17H17N5O2. The molecule has 7 nitrogen and oxygen atoms in total. The topological polar surface area (TPSA) is 83.1 Å². The fourth-order valence-electron chi connectivity index (χ4n) is 2.82. The van der Waals surface area contributed by atoms with Crippen LogP contribution in [0.1, 0.15) is 10.4 Å². The van der Waals surface area contributed by atoms with Crippen LogP contribution in [0, 0.1) is 0 Å². The van der Waals surface area contributed by atoms with Crippen molar-refractivity contribution in [2.45, 2.75) is 0 Å². The molecule has 3 aromatic rings. The zero-order valence-corrected chi connectivity index (χ0v) is 13.0. The molecule has 0 radical (unpaired) electrons. The summed E-state index contributed by atoms with van der Waals surface area (Å²) in [4.78, 5) is 26.2. The van der Waals surface area contributed by atoms with E-state index in [0.717, 1.165) is 29.8 Å². The number of hydrogen-bond acceptors (Lipinski definition) is 5. The Morgan fingerprint density at radius 2 is 2.04 bits per heavy atom. The predicted octanol–water partition coefficient (Wildman–Crippen LogP) is 2.05. The van der Waals surface area contributed by atoms with Crippen molar-refractivity contribution in [1.82, 2.24) is 15.0 Å². The molecule has 1 aliphatic heterocycles. The Morgan fingerprint density at radius 1 is 1.21 bits per heavy atom. The van der Waals surface area contributed by atoms with Crippen LogP contribution >= 0.6 is 0 Å². The molecule has 0 bridgehead atoms. The van der Waals surface area contributed by atoms with Crippen molar-refractivity contribution in [3.05, 3.63) is 48.4 Å². The number of ether oxygens (including phenoxy) is 1. The van der Waals surface area contributed by atoms with E-state index in [1.807, 2.05) is 24.3 Å². The highest BCUT2D eigenvalue weighted by Crippen LogP contribution is 2.20. The van der Waals surface area contributed by atoms with E-state index in [0.29, 0.717) is 24.6 Å². The van der Waals surface area contributed by atoms with Crippen LogP contribution in [-0.2, 0) is 4.74 Å². The molecule has 0 saturated carbocycles. The fraction of sp³-hybridized carbons (Fsp3) is 0.235. The van der Waals surface area contributed by atoms with Crippen LogP contribution in [0.15, 0.2) is 42.9 Å². The number of rotatable bonds is 3. The summed E-state index contributed by atoms with van der Waals surface area (Å²) < 4.78 is 5.35. The van der Waals surface area contributed by atoms with Gasteiger partial charge in [0.15, 0.2) is 0 Å². The number of nitrogens with one attached hydrogen (secondary N) is 2. The van der Waals surface area contributed by atoms with Crippen LogP contribution in [0.2, 0.25) is 0 Å². The van der Waals surface area contributed by atoms with Gasteiger partial charge in [-0.3, -0.25) is 4.79 Å². The number of aromatic nitrogens is 3. The number of fused-ring (bicyclic) bond motifs is 1. The maximum atomic E-state index is 12.6. The summed E-state index contributed by atoms with van der Waals surface area (Å²) in [6, 6.07) is 9.49. The monoisotopic (exact) mass is 323 g/mol. The molecule has 1 aromatic carbocycles. The van der Waals surface area contributed by atoms with Crippen molar-refractivity contribution in [2.24, 2.45) is 0 Å². The summed E-state index contributed by atoms with van der Waals surface area (Å²) in [5, 5.41) is 3.73. The molecule has 24 heavy (non-hydrogen) atoms. The van der Waals surface area contributed by atoms with Gasteiger partial charge in [-0.05, 0) is 6.07 Å². The molecular weight excluding hydrogens is 306 g/mol. The first kappa shape index (κ1) is 14.6. The standard InChI is InChI=1S/C17H17N5O2/c23-17(13-10-18-14-4-2-1-3-12(13)14)21-15-9-16(20-11-19-15)22-5-7-24-8-6-22/h1-4,9-11,18H,5-8H2,(H,19,20,21,23). The number of aromatic amines is 1. The minimum Gasteiger partial charge on any atom is -0.378 e. The number of anilines is 2. The summed E-state index contributed by atoms with van der Waals surface area (Å²) in [6.45, 7) is 2.93. The quantitative estimate of drug-likeness (QED) is 0.771. The van der Waals surface area contributed by atoms with Gasteiger partial charge in [0.1, 0.15) is 18.0 Å². The number of carbonyl (C=O) groups excluding carboxylic acids is 1. The summed E-state index contributed by atoms with van der Waals surface area (Å²) in [5.74, 6) is 1.09. The van der Waals surface area contributed by atoms with Gasteiger partial charge in [0.05, 0.1) is 18.8 Å². The Labute approximate surface area is 138 Å². The lowest BCUT2D eigenvalue weighted by molar-refractivity contribution is 0.102. The van der Waals surface area contributed by atoms with Crippen molar-refractivity contribution in [2.75, 3.05) is 36.5 Å². The minimum atomic E-state index is -0.195. The van der Waals surface area contributed by atoms with Gasteiger partial charge in [0.2, 0.25) is 0 Å². The van der Waals surface area contributed by atoms with Crippen LogP contribution in [0.4, 0.5) is 11.6 Å². The van der Waals surface area contributed by atoms with E-state index in [2.05, 4.69) is 25.2 Å². The summed E-state index contributed by atoms with van der Waals surface area (Å²) >= 11 is 0. The van der Waals surface area contributed by atoms with Gasteiger partial charge in [-0.2, -0.15) is 0 Å². The second kappa shape index (κ2) is 6.29. The van der Waals surface area contributed by atoms with E-state index in [9.17, 15) is 4.79 Å². The van der Waals surface area contributed by atoms with Gasteiger partial charge >= 0.3 is 0 Å². The molecule has 1 aliphatic rings. The number of morpholine rings is 1. The Balaban J connectivity index is 1.55. The highest BCUT2D eigenvalue weighted by molar-refractivity contribution is 6.12. The second-order valence-electron chi connectivity index (χ2n) is 5.56. The maximum absolute atomic E-state index is 12.6. The highest BCUT2D eigenvalue weighted by atomic mass is 16.5. The Bertz CT molecular complexity index is 870. The van der Waals surface area contributed by atoms with E-state index in [1.54, 1.807) is 12.3 Å². The summed E-state index contributed by atoms with van der Waals surface area (Å²) in [7, 11) is 0.